The Balaban J connectivity index is 1.77. The number of esters is 1. The first kappa shape index (κ1) is 16.3. The molecule has 1 heterocycles. The van der Waals surface area contributed by atoms with Crippen molar-refractivity contribution in [2.24, 2.45) is 0 Å². The number of hydrogen-bond donors (Lipinski definition) is 1. The largest absolute Gasteiger partial charge is 0.492 e. The lowest BCUT2D eigenvalue weighted by molar-refractivity contribution is -0.125. The molecule has 0 bridgehead atoms. The molecule has 0 aliphatic carbocycles. The molecule has 1 amide bonds. The monoisotopic (exact) mass is 345 g/mol. The number of hydrogen-bond acceptors (Lipinski definition) is 4. The lowest BCUT2D eigenvalue weighted by Gasteiger charge is -2.24. The summed E-state index contributed by atoms with van der Waals surface area (Å²) in [5, 5.41) is 3.22. The molecule has 5 nitrogen and oxygen atoms in total. The number of ether oxygens (including phenoxy) is 2. The maximum Gasteiger partial charge on any atom is 0.339 e. The van der Waals surface area contributed by atoms with Gasteiger partial charge in [-0.05, 0) is 36.8 Å². The molecule has 124 valence electrons. The molecule has 0 saturated heterocycles. The molecule has 3 rings (SSSR count). The van der Waals surface area contributed by atoms with Crippen LogP contribution in [0.2, 0.25) is 5.02 Å². The molecule has 0 aromatic heterocycles. The van der Waals surface area contributed by atoms with E-state index in [4.69, 9.17) is 21.1 Å². The van der Waals surface area contributed by atoms with Crippen molar-refractivity contribution >= 4 is 29.2 Å². The molecule has 1 N–H and O–H groups in total. The second-order valence-corrected chi connectivity index (χ2v) is 5.75. The zero-order chi connectivity index (χ0) is 17.1. The maximum absolute atomic E-state index is 12.5. The van der Waals surface area contributed by atoms with Gasteiger partial charge in [-0.2, -0.15) is 0 Å². The zero-order valence-corrected chi connectivity index (χ0v) is 13.8. The van der Waals surface area contributed by atoms with Gasteiger partial charge < -0.3 is 14.8 Å². The van der Waals surface area contributed by atoms with E-state index in [2.05, 4.69) is 5.32 Å². The van der Waals surface area contributed by atoms with Gasteiger partial charge in [0.15, 0.2) is 6.10 Å². The Labute approximate surface area is 144 Å². The SMILES string of the molecule is CCOc1ccccc1NC(=O)[C@@H]1Cc2ccc(Cl)cc2C(=O)O1. The topological polar surface area (TPSA) is 64.6 Å². The predicted molar refractivity (Wildman–Crippen MR) is 90.6 cm³/mol. The Kier molecular flexibility index (Phi) is 4.71. The van der Waals surface area contributed by atoms with Gasteiger partial charge in [0.25, 0.3) is 5.91 Å². The molecule has 2 aromatic rings. The first-order valence-corrected chi connectivity index (χ1v) is 7.98. The molecule has 6 heteroatoms. The summed E-state index contributed by atoms with van der Waals surface area (Å²) >= 11 is 5.89. The molecule has 0 saturated carbocycles. The van der Waals surface area contributed by atoms with Crippen LogP contribution in [0.25, 0.3) is 0 Å². The fraction of sp³-hybridized carbons (Fsp3) is 0.222. The Hall–Kier alpha value is -2.53. The fourth-order valence-corrected chi connectivity index (χ4v) is 2.73. The van der Waals surface area contributed by atoms with E-state index in [-0.39, 0.29) is 0 Å². The van der Waals surface area contributed by atoms with E-state index in [9.17, 15) is 9.59 Å². The first-order chi connectivity index (χ1) is 11.6. The Morgan fingerprint density at radius 2 is 2.12 bits per heavy atom. The molecule has 2 aromatic carbocycles. The number of nitrogens with one attached hydrogen (secondary N) is 1. The highest BCUT2D eigenvalue weighted by Crippen LogP contribution is 2.27. The second-order valence-electron chi connectivity index (χ2n) is 5.32. The van der Waals surface area contributed by atoms with E-state index in [1.165, 1.54) is 0 Å². The third-order valence-corrected chi connectivity index (χ3v) is 3.92. The predicted octanol–water partition coefficient (Wildman–Crippen LogP) is 3.46. The van der Waals surface area contributed by atoms with E-state index in [0.29, 0.717) is 35.1 Å². The van der Waals surface area contributed by atoms with Crippen LogP contribution in [0, 0.1) is 0 Å². The first-order valence-electron chi connectivity index (χ1n) is 7.60. The molecular formula is C18H16ClNO4. The van der Waals surface area contributed by atoms with Gasteiger partial charge in [0.05, 0.1) is 17.9 Å². The highest BCUT2D eigenvalue weighted by atomic mass is 35.5. The molecular weight excluding hydrogens is 330 g/mol. The maximum atomic E-state index is 12.5. The van der Waals surface area contributed by atoms with Crippen molar-refractivity contribution in [2.45, 2.75) is 19.4 Å². The quantitative estimate of drug-likeness (QED) is 0.862. The van der Waals surface area contributed by atoms with Crippen LogP contribution in [0.3, 0.4) is 0 Å². The number of rotatable bonds is 4. The van der Waals surface area contributed by atoms with E-state index < -0.39 is 18.0 Å². The van der Waals surface area contributed by atoms with Gasteiger partial charge in [0.1, 0.15) is 5.75 Å². The highest BCUT2D eigenvalue weighted by molar-refractivity contribution is 6.31. The molecule has 1 aliphatic rings. The summed E-state index contributed by atoms with van der Waals surface area (Å²) in [5.41, 5.74) is 1.69. The van der Waals surface area contributed by atoms with Crippen LogP contribution < -0.4 is 10.1 Å². The van der Waals surface area contributed by atoms with Gasteiger partial charge >= 0.3 is 5.97 Å². The number of amides is 1. The van der Waals surface area contributed by atoms with Gasteiger partial charge in [-0.15, -0.1) is 0 Å². The van der Waals surface area contributed by atoms with Crippen molar-refractivity contribution < 1.29 is 19.1 Å². The van der Waals surface area contributed by atoms with Crippen LogP contribution in [0.15, 0.2) is 42.5 Å². The minimum Gasteiger partial charge on any atom is -0.492 e. The van der Waals surface area contributed by atoms with Crippen LogP contribution in [-0.2, 0) is 16.0 Å². The van der Waals surface area contributed by atoms with Gasteiger partial charge in [-0.1, -0.05) is 29.8 Å². The van der Waals surface area contributed by atoms with E-state index in [0.717, 1.165) is 5.56 Å². The number of carbonyl (C=O) groups excluding carboxylic acids is 2. The van der Waals surface area contributed by atoms with Crippen LogP contribution in [-0.4, -0.2) is 24.6 Å². The van der Waals surface area contributed by atoms with Gasteiger partial charge in [-0.3, -0.25) is 4.79 Å². The van der Waals surface area contributed by atoms with E-state index >= 15 is 0 Å². The minimum atomic E-state index is -0.888. The third-order valence-electron chi connectivity index (χ3n) is 3.68. The smallest absolute Gasteiger partial charge is 0.339 e. The van der Waals surface area contributed by atoms with Crippen LogP contribution >= 0.6 is 11.6 Å². The molecule has 1 aliphatic heterocycles. The zero-order valence-electron chi connectivity index (χ0n) is 13.0. The highest BCUT2D eigenvalue weighted by Gasteiger charge is 2.31. The van der Waals surface area contributed by atoms with Gasteiger partial charge in [0.2, 0.25) is 0 Å². The minimum absolute atomic E-state index is 0.306. The third kappa shape index (κ3) is 3.36. The Morgan fingerprint density at radius 3 is 2.92 bits per heavy atom. The number of benzene rings is 2. The van der Waals surface area contributed by atoms with Crippen LogP contribution in [0.1, 0.15) is 22.8 Å². The molecule has 0 spiro atoms. The van der Waals surface area contributed by atoms with Crippen molar-refractivity contribution in [3.63, 3.8) is 0 Å². The van der Waals surface area contributed by atoms with E-state index in [1.54, 1.807) is 36.4 Å². The van der Waals surface area contributed by atoms with Crippen LogP contribution in [0.4, 0.5) is 5.69 Å². The second kappa shape index (κ2) is 6.93. The molecule has 0 radical (unpaired) electrons. The summed E-state index contributed by atoms with van der Waals surface area (Å²) in [6, 6.07) is 12.1. The average molecular weight is 346 g/mol. The van der Waals surface area contributed by atoms with E-state index in [1.807, 2.05) is 13.0 Å². The summed E-state index contributed by atoms with van der Waals surface area (Å²) in [6.45, 7) is 2.35. The van der Waals surface area contributed by atoms with Crippen molar-refractivity contribution in [3.8, 4) is 5.75 Å². The lowest BCUT2D eigenvalue weighted by Crippen LogP contribution is -2.38. The normalized spacial score (nSPS) is 16.1. The number of para-hydroxylation sites is 2. The number of cyclic esters (lactones) is 1. The summed E-state index contributed by atoms with van der Waals surface area (Å²) in [5.74, 6) is -0.365. The van der Waals surface area contributed by atoms with Crippen molar-refractivity contribution in [1.29, 1.82) is 0 Å². The number of carbonyl (C=O) groups is 2. The summed E-state index contributed by atoms with van der Waals surface area (Å²) in [4.78, 5) is 24.6. The van der Waals surface area contributed by atoms with Crippen molar-refractivity contribution in [1.82, 2.24) is 0 Å². The average Bonchev–Trinajstić information content (AvgIpc) is 2.57. The van der Waals surface area contributed by atoms with Gasteiger partial charge in [-0.25, -0.2) is 4.79 Å². The van der Waals surface area contributed by atoms with Crippen LogP contribution in [0.5, 0.6) is 5.75 Å². The summed E-state index contributed by atoms with van der Waals surface area (Å²) in [6.07, 6.45) is -0.582. The van der Waals surface area contributed by atoms with Crippen molar-refractivity contribution in [3.05, 3.63) is 58.6 Å². The van der Waals surface area contributed by atoms with Gasteiger partial charge in [0, 0.05) is 11.4 Å². The summed E-state index contributed by atoms with van der Waals surface area (Å²) in [7, 11) is 0. The summed E-state index contributed by atoms with van der Waals surface area (Å²) < 4.78 is 10.7. The number of halogens is 1. The fourth-order valence-electron chi connectivity index (χ4n) is 2.56. The lowest BCUT2D eigenvalue weighted by atomic mass is 9.98. The standard InChI is InChI=1S/C18H16ClNO4/c1-2-23-15-6-4-3-5-14(15)20-17(21)16-9-11-7-8-12(19)10-13(11)18(22)24-16/h3-8,10,16H,2,9H2,1H3,(H,20,21)/t16-/m0/s1. The molecule has 24 heavy (non-hydrogen) atoms. The Morgan fingerprint density at radius 1 is 1.33 bits per heavy atom. The molecule has 0 fully saturated rings. The number of anilines is 1. The molecule has 1 atom stereocenters. The Bertz CT molecular complexity index is 790. The molecule has 0 unspecified atom stereocenters. The van der Waals surface area contributed by atoms with Crippen molar-refractivity contribution in [2.75, 3.05) is 11.9 Å². The number of fused-ring (bicyclic) bond motifs is 1.